The molecule has 1 heterocycles. The third-order valence-electron chi connectivity index (χ3n) is 4.45. The number of benzene rings is 2. The van der Waals surface area contributed by atoms with E-state index < -0.39 is 0 Å². The first kappa shape index (κ1) is 16.7. The number of carbonyl (C=O) groups is 1. The first-order valence-electron chi connectivity index (χ1n) is 8.35. The van der Waals surface area contributed by atoms with Gasteiger partial charge in [0.15, 0.2) is 0 Å². The van der Waals surface area contributed by atoms with Crippen LogP contribution in [0.25, 0.3) is 0 Å². The van der Waals surface area contributed by atoms with Crippen LogP contribution in [0, 0.1) is 12.7 Å². The standard InChI is InChI=1S/C20H22FNO2/c1-15-6-8-16(9-7-15)20(23)24-18-10-12-22(13-11-18)14-17-4-2-3-5-19(17)21/h2-9,18H,10-14H2,1H3. The molecule has 1 aliphatic rings. The van der Waals surface area contributed by atoms with Crippen LogP contribution in [0.5, 0.6) is 0 Å². The van der Waals surface area contributed by atoms with Gasteiger partial charge in [-0.2, -0.15) is 0 Å². The summed E-state index contributed by atoms with van der Waals surface area (Å²) in [6.07, 6.45) is 1.51. The maximum absolute atomic E-state index is 13.7. The Bertz CT molecular complexity index is 691. The lowest BCUT2D eigenvalue weighted by Gasteiger charge is -2.31. The molecule has 0 spiro atoms. The molecule has 3 nitrogen and oxygen atoms in total. The third kappa shape index (κ3) is 4.20. The number of halogens is 1. The molecule has 0 saturated carbocycles. The van der Waals surface area contributed by atoms with E-state index >= 15 is 0 Å². The Kier molecular flexibility index (Phi) is 5.26. The van der Waals surface area contributed by atoms with Crippen molar-refractivity contribution in [3.05, 3.63) is 71.0 Å². The number of aryl methyl sites for hydroxylation is 1. The molecule has 1 saturated heterocycles. The lowest BCUT2D eigenvalue weighted by atomic mass is 10.1. The number of likely N-dealkylation sites (tertiary alicyclic amines) is 1. The van der Waals surface area contributed by atoms with Gasteiger partial charge < -0.3 is 4.74 Å². The van der Waals surface area contributed by atoms with Gasteiger partial charge in [-0.25, -0.2) is 9.18 Å². The molecule has 0 bridgehead atoms. The number of hydrogen-bond donors (Lipinski definition) is 0. The van der Waals surface area contributed by atoms with Crippen LogP contribution in [-0.4, -0.2) is 30.1 Å². The Morgan fingerprint density at radius 2 is 1.79 bits per heavy atom. The Hall–Kier alpha value is -2.20. The van der Waals surface area contributed by atoms with E-state index in [9.17, 15) is 9.18 Å². The minimum atomic E-state index is -0.262. The fourth-order valence-electron chi connectivity index (χ4n) is 2.96. The van der Waals surface area contributed by atoms with Crippen LogP contribution in [-0.2, 0) is 11.3 Å². The molecule has 0 aliphatic carbocycles. The van der Waals surface area contributed by atoms with Crippen molar-refractivity contribution in [1.82, 2.24) is 4.90 Å². The van der Waals surface area contributed by atoms with Crippen molar-refractivity contribution >= 4 is 5.97 Å². The van der Waals surface area contributed by atoms with Crippen molar-refractivity contribution < 1.29 is 13.9 Å². The van der Waals surface area contributed by atoms with Gasteiger partial charge in [0.25, 0.3) is 0 Å². The van der Waals surface area contributed by atoms with E-state index in [4.69, 9.17) is 4.74 Å². The van der Waals surface area contributed by atoms with Crippen molar-refractivity contribution in [3.63, 3.8) is 0 Å². The second-order valence-corrected chi connectivity index (χ2v) is 6.34. The molecule has 0 atom stereocenters. The molecule has 24 heavy (non-hydrogen) atoms. The SMILES string of the molecule is Cc1ccc(C(=O)OC2CCN(Cc3ccccc3F)CC2)cc1. The van der Waals surface area contributed by atoms with Gasteiger partial charge in [0.1, 0.15) is 11.9 Å². The van der Waals surface area contributed by atoms with E-state index in [2.05, 4.69) is 4.90 Å². The van der Waals surface area contributed by atoms with Crippen molar-refractivity contribution in [1.29, 1.82) is 0 Å². The molecule has 2 aromatic carbocycles. The van der Waals surface area contributed by atoms with Crippen LogP contribution < -0.4 is 0 Å². The minimum Gasteiger partial charge on any atom is -0.459 e. The van der Waals surface area contributed by atoms with Gasteiger partial charge in [0, 0.05) is 25.2 Å². The quantitative estimate of drug-likeness (QED) is 0.796. The molecule has 0 amide bonds. The van der Waals surface area contributed by atoms with Gasteiger partial charge in [-0.3, -0.25) is 4.90 Å². The summed E-state index contributed by atoms with van der Waals surface area (Å²) in [5.74, 6) is -0.423. The van der Waals surface area contributed by atoms with E-state index in [-0.39, 0.29) is 17.9 Å². The zero-order chi connectivity index (χ0) is 16.9. The number of hydrogen-bond acceptors (Lipinski definition) is 3. The zero-order valence-corrected chi connectivity index (χ0v) is 13.9. The van der Waals surface area contributed by atoms with Gasteiger partial charge in [-0.1, -0.05) is 35.9 Å². The van der Waals surface area contributed by atoms with E-state index in [0.717, 1.165) is 31.5 Å². The van der Waals surface area contributed by atoms with Crippen molar-refractivity contribution in [2.24, 2.45) is 0 Å². The highest BCUT2D eigenvalue weighted by Crippen LogP contribution is 2.19. The van der Waals surface area contributed by atoms with Gasteiger partial charge in [0.2, 0.25) is 0 Å². The molecule has 0 unspecified atom stereocenters. The summed E-state index contributed by atoms with van der Waals surface area (Å²) in [4.78, 5) is 14.4. The largest absolute Gasteiger partial charge is 0.459 e. The van der Waals surface area contributed by atoms with Crippen LogP contribution in [0.4, 0.5) is 4.39 Å². The summed E-state index contributed by atoms with van der Waals surface area (Å²) in [5, 5.41) is 0. The monoisotopic (exact) mass is 327 g/mol. The summed E-state index contributed by atoms with van der Waals surface area (Å²) < 4.78 is 19.3. The molecule has 0 N–H and O–H groups in total. The number of esters is 1. The topological polar surface area (TPSA) is 29.5 Å². The average Bonchev–Trinajstić information content (AvgIpc) is 2.59. The molecule has 0 radical (unpaired) electrons. The first-order chi connectivity index (χ1) is 11.6. The molecule has 126 valence electrons. The van der Waals surface area contributed by atoms with Gasteiger partial charge in [0.05, 0.1) is 5.56 Å². The van der Waals surface area contributed by atoms with Crippen LogP contribution in [0.1, 0.15) is 34.3 Å². The van der Waals surface area contributed by atoms with Crippen LogP contribution in [0.15, 0.2) is 48.5 Å². The Balaban J connectivity index is 1.49. The summed E-state index contributed by atoms with van der Waals surface area (Å²) in [6, 6.07) is 14.3. The first-order valence-corrected chi connectivity index (χ1v) is 8.35. The maximum Gasteiger partial charge on any atom is 0.338 e. The molecule has 0 aromatic heterocycles. The number of nitrogens with zero attached hydrogens (tertiary/aromatic N) is 1. The Labute approximate surface area is 142 Å². The van der Waals surface area contributed by atoms with Gasteiger partial charge in [-0.15, -0.1) is 0 Å². The Morgan fingerprint density at radius 3 is 2.46 bits per heavy atom. The highest BCUT2D eigenvalue weighted by molar-refractivity contribution is 5.89. The smallest absolute Gasteiger partial charge is 0.338 e. The minimum absolute atomic E-state index is 0.0596. The van der Waals surface area contributed by atoms with Gasteiger partial charge >= 0.3 is 5.97 Å². The molecule has 3 rings (SSSR count). The number of carbonyl (C=O) groups excluding carboxylic acids is 1. The summed E-state index contributed by atoms with van der Waals surface area (Å²) >= 11 is 0. The number of piperidine rings is 1. The molecule has 4 heteroatoms. The van der Waals surface area contributed by atoms with Crippen molar-refractivity contribution in [2.45, 2.75) is 32.4 Å². The van der Waals surface area contributed by atoms with E-state index in [0.29, 0.717) is 17.7 Å². The second kappa shape index (κ2) is 7.58. The number of ether oxygens (including phenoxy) is 1. The number of rotatable bonds is 4. The zero-order valence-electron chi connectivity index (χ0n) is 13.9. The Morgan fingerprint density at radius 1 is 1.12 bits per heavy atom. The van der Waals surface area contributed by atoms with Crippen LogP contribution in [0.3, 0.4) is 0 Å². The fraction of sp³-hybridized carbons (Fsp3) is 0.350. The highest BCUT2D eigenvalue weighted by Gasteiger charge is 2.23. The van der Waals surface area contributed by atoms with E-state index in [1.165, 1.54) is 6.07 Å². The maximum atomic E-state index is 13.7. The summed E-state index contributed by atoms with van der Waals surface area (Å²) in [7, 11) is 0. The lowest BCUT2D eigenvalue weighted by Crippen LogP contribution is -2.37. The third-order valence-corrected chi connectivity index (χ3v) is 4.45. The van der Waals surface area contributed by atoms with E-state index in [1.54, 1.807) is 18.2 Å². The molecule has 2 aromatic rings. The van der Waals surface area contributed by atoms with Crippen molar-refractivity contribution in [3.8, 4) is 0 Å². The van der Waals surface area contributed by atoms with E-state index in [1.807, 2.05) is 31.2 Å². The predicted molar refractivity (Wildman–Crippen MR) is 91.3 cm³/mol. The predicted octanol–water partition coefficient (Wildman–Crippen LogP) is 3.96. The van der Waals surface area contributed by atoms with Gasteiger partial charge in [-0.05, 0) is 38.0 Å². The van der Waals surface area contributed by atoms with Crippen LogP contribution in [0.2, 0.25) is 0 Å². The fourth-order valence-corrected chi connectivity index (χ4v) is 2.96. The lowest BCUT2D eigenvalue weighted by molar-refractivity contribution is 0.0103. The summed E-state index contributed by atoms with van der Waals surface area (Å²) in [6.45, 7) is 4.20. The van der Waals surface area contributed by atoms with Crippen molar-refractivity contribution in [2.75, 3.05) is 13.1 Å². The molecular formula is C20H22FNO2. The second-order valence-electron chi connectivity index (χ2n) is 6.34. The molecular weight excluding hydrogens is 305 g/mol. The summed E-state index contributed by atoms with van der Waals surface area (Å²) in [5.41, 5.74) is 2.43. The highest BCUT2D eigenvalue weighted by atomic mass is 19.1. The molecule has 1 aliphatic heterocycles. The van der Waals surface area contributed by atoms with Crippen LogP contribution >= 0.6 is 0 Å². The normalized spacial score (nSPS) is 16.1. The molecule has 1 fully saturated rings. The average molecular weight is 327 g/mol.